The predicted molar refractivity (Wildman–Crippen MR) is 115 cm³/mol. The van der Waals surface area contributed by atoms with Crippen LogP contribution in [0.5, 0.6) is 0 Å². The first-order chi connectivity index (χ1) is 14.5. The Bertz CT molecular complexity index is 1170. The zero-order valence-corrected chi connectivity index (χ0v) is 15.6. The molecule has 0 fully saturated rings. The average molecular weight is 397 g/mol. The van der Waals surface area contributed by atoms with Gasteiger partial charge in [0, 0.05) is 24.3 Å². The molecule has 0 N–H and O–H groups in total. The molecular formula is C23H15N3O4. The van der Waals surface area contributed by atoms with E-state index in [0.29, 0.717) is 11.1 Å². The van der Waals surface area contributed by atoms with E-state index in [1.54, 1.807) is 30.3 Å². The van der Waals surface area contributed by atoms with Crippen molar-refractivity contribution in [1.82, 2.24) is 0 Å². The van der Waals surface area contributed by atoms with Crippen molar-refractivity contribution in [2.75, 3.05) is 0 Å². The SMILES string of the molecule is N#C/C(=C\c1ccc(/C=C/c2ccc([N+](=O)[O-])cc2)cc1)c1ccc([N+](=O)[O-])cc1. The summed E-state index contributed by atoms with van der Waals surface area (Å²) >= 11 is 0. The number of nitro groups is 2. The average Bonchev–Trinajstić information content (AvgIpc) is 2.77. The molecule has 3 rings (SSSR count). The first-order valence-electron chi connectivity index (χ1n) is 8.85. The predicted octanol–water partition coefficient (Wildman–Crippen LogP) is 5.74. The molecule has 0 aromatic heterocycles. The first-order valence-corrected chi connectivity index (χ1v) is 8.85. The van der Waals surface area contributed by atoms with Crippen molar-refractivity contribution in [2.45, 2.75) is 0 Å². The van der Waals surface area contributed by atoms with E-state index in [1.165, 1.54) is 24.3 Å². The second-order valence-corrected chi connectivity index (χ2v) is 6.32. The van der Waals surface area contributed by atoms with Crippen molar-refractivity contribution in [3.63, 3.8) is 0 Å². The van der Waals surface area contributed by atoms with Crippen LogP contribution in [0, 0.1) is 31.6 Å². The number of hydrogen-bond donors (Lipinski definition) is 0. The summed E-state index contributed by atoms with van der Waals surface area (Å²) in [5.41, 5.74) is 3.61. The number of rotatable bonds is 6. The fourth-order valence-electron chi connectivity index (χ4n) is 2.71. The summed E-state index contributed by atoms with van der Waals surface area (Å²) in [5, 5.41) is 30.9. The molecule has 0 bridgehead atoms. The van der Waals surface area contributed by atoms with Crippen LogP contribution in [-0.2, 0) is 0 Å². The molecule has 30 heavy (non-hydrogen) atoms. The maximum Gasteiger partial charge on any atom is 0.269 e. The van der Waals surface area contributed by atoms with E-state index in [0.717, 1.165) is 16.7 Å². The number of nitriles is 1. The van der Waals surface area contributed by atoms with Crippen LogP contribution in [0.4, 0.5) is 11.4 Å². The Kier molecular flexibility index (Phi) is 6.11. The minimum absolute atomic E-state index is 0.0276. The van der Waals surface area contributed by atoms with E-state index < -0.39 is 9.85 Å². The van der Waals surface area contributed by atoms with Gasteiger partial charge in [0.2, 0.25) is 0 Å². The van der Waals surface area contributed by atoms with Crippen LogP contribution in [0.1, 0.15) is 22.3 Å². The highest BCUT2D eigenvalue weighted by Crippen LogP contribution is 2.21. The molecule has 7 nitrogen and oxygen atoms in total. The van der Waals surface area contributed by atoms with E-state index in [9.17, 15) is 25.5 Å². The van der Waals surface area contributed by atoms with Gasteiger partial charge in [-0.25, -0.2) is 0 Å². The smallest absolute Gasteiger partial charge is 0.258 e. The number of hydrogen-bond acceptors (Lipinski definition) is 5. The molecule has 0 radical (unpaired) electrons. The molecule has 3 aromatic rings. The van der Waals surface area contributed by atoms with Crippen LogP contribution >= 0.6 is 0 Å². The Hall–Kier alpha value is -4.57. The van der Waals surface area contributed by atoms with Crippen LogP contribution in [-0.4, -0.2) is 9.85 Å². The first kappa shape index (κ1) is 20.2. The summed E-state index contributed by atoms with van der Waals surface area (Å²) < 4.78 is 0. The molecule has 146 valence electrons. The molecule has 0 aliphatic heterocycles. The molecule has 0 atom stereocenters. The summed E-state index contributed by atoms with van der Waals surface area (Å²) in [4.78, 5) is 20.5. The van der Waals surface area contributed by atoms with E-state index in [2.05, 4.69) is 6.07 Å². The number of nitro benzene ring substituents is 2. The third-order valence-electron chi connectivity index (χ3n) is 4.33. The van der Waals surface area contributed by atoms with Crippen LogP contribution in [0.25, 0.3) is 23.8 Å². The monoisotopic (exact) mass is 397 g/mol. The Morgan fingerprint density at radius 3 is 1.53 bits per heavy atom. The molecule has 0 unspecified atom stereocenters. The zero-order chi connectivity index (χ0) is 21.5. The lowest BCUT2D eigenvalue weighted by Gasteiger charge is -2.01. The second kappa shape index (κ2) is 9.08. The van der Waals surface area contributed by atoms with Crippen molar-refractivity contribution in [3.8, 4) is 6.07 Å². The summed E-state index contributed by atoms with van der Waals surface area (Å²) in [6, 6.07) is 21.7. The fourth-order valence-corrected chi connectivity index (χ4v) is 2.71. The molecule has 0 heterocycles. The third kappa shape index (κ3) is 5.03. The van der Waals surface area contributed by atoms with Crippen LogP contribution in [0.3, 0.4) is 0 Å². The van der Waals surface area contributed by atoms with Crippen molar-refractivity contribution >= 4 is 35.2 Å². The molecule has 0 saturated heterocycles. The summed E-state index contributed by atoms with van der Waals surface area (Å²) in [6.45, 7) is 0. The normalized spacial score (nSPS) is 11.2. The Morgan fingerprint density at radius 2 is 1.10 bits per heavy atom. The number of nitrogens with zero attached hydrogens (tertiary/aromatic N) is 3. The number of benzene rings is 3. The van der Waals surface area contributed by atoms with Gasteiger partial charge in [-0.2, -0.15) is 5.26 Å². The molecule has 0 aliphatic rings. The van der Waals surface area contributed by atoms with E-state index >= 15 is 0 Å². The highest BCUT2D eigenvalue weighted by atomic mass is 16.6. The minimum Gasteiger partial charge on any atom is -0.258 e. The minimum atomic E-state index is -0.484. The second-order valence-electron chi connectivity index (χ2n) is 6.32. The number of non-ortho nitro benzene ring substituents is 2. The molecule has 0 amide bonds. The van der Waals surface area contributed by atoms with Gasteiger partial charge in [-0.3, -0.25) is 20.2 Å². The van der Waals surface area contributed by atoms with Crippen LogP contribution < -0.4 is 0 Å². The molecule has 0 spiro atoms. The Balaban J connectivity index is 1.74. The largest absolute Gasteiger partial charge is 0.269 e. The van der Waals surface area contributed by atoms with Crippen LogP contribution in [0.2, 0.25) is 0 Å². The van der Waals surface area contributed by atoms with Gasteiger partial charge < -0.3 is 0 Å². The van der Waals surface area contributed by atoms with Gasteiger partial charge in [0.1, 0.15) is 0 Å². The van der Waals surface area contributed by atoms with E-state index in [-0.39, 0.29) is 11.4 Å². The summed E-state index contributed by atoms with van der Waals surface area (Å²) in [6.07, 6.45) is 5.45. The zero-order valence-electron chi connectivity index (χ0n) is 15.6. The van der Waals surface area contributed by atoms with Crippen LogP contribution in [0.15, 0.2) is 72.8 Å². The van der Waals surface area contributed by atoms with Gasteiger partial charge >= 0.3 is 0 Å². The summed E-state index contributed by atoms with van der Waals surface area (Å²) in [7, 11) is 0. The fraction of sp³-hybridized carbons (Fsp3) is 0. The molecule has 0 aliphatic carbocycles. The van der Waals surface area contributed by atoms with Gasteiger partial charge in [-0.05, 0) is 52.6 Å². The quantitative estimate of drug-likeness (QED) is 0.228. The lowest BCUT2D eigenvalue weighted by molar-refractivity contribution is -0.385. The third-order valence-corrected chi connectivity index (χ3v) is 4.33. The topological polar surface area (TPSA) is 110 Å². The van der Waals surface area contributed by atoms with Crippen molar-refractivity contribution in [2.24, 2.45) is 0 Å². The lowest BCUT2D eigenvalue weighted by atomic mass is 10.0. The maximum absolute atomic E-state index is 10.8. The van der Waals surface area contributed by atoms with Crippen molar-refractivity contribution < 1.29 is 9.85 Å². The summed E-state index contributed by atoms with van der Waals surface area (Å²) in [5.74, 6) is 0. The van der Waals surface area contributed by atoms with Gasteiger partial charge in [-0.1, -0.05) is 36.4 Å². The Morgan fingerprint density at radius 1 is 0.700 bits per heavy atom. The van der Waals surface area contributed by atoms with E-state index in [4.69, 9.17) is 0 Å². The molecular weight excluding hydrogens is 382 g/mol. The molecule has 3 aromatic carbocycles. The van der Waals surface area contributed by atoms with Gasteiger partial charge in [0.15, 0.2) is 0 Å². The molecule has 0 saturated carbocycles. The van der Waals surface area contributed by atoms with Gasteiger partial charge in [0.05, 0.1) is 21.5 Å². The maximum atomic E-state index is 10.8. The standard InChI is InChI=1S/C23H15N3O4/c24-16-21(20-9-13-23(14-10-20)26(29)30)15-19-5-3-17(4-6-19)1-2-18-7-11-22(12-8-18)25(27)28/h1-15H/b2-1+,21-15+. The van der Waals surface area contributed by atoms with Crippen molar-refractivity contribution in [1.29, 1.82) is 5.26 Å². The van der Waals surface area contributed by atoms with Crippen molar-refractivity contribution in [3.05, 3.63) is 115 Å². The highest BCUT2D eigenvalue weighted by Gasteiger charge is 2.07. The molecule has 7 heteroatoms. The Labute approximate surface area is 172 Å². The van der Waals surface area contributed by atoms with Gasteiger partial charge in [0.25, 0.3) is 11.4 Å². The van der Waals surface area contributed by atoms with E-state index in [1.807, 2.05) is 36.4 Å². The number of allylic oxidation sites excluding steroid dienone is 1. The van der Waals surface area contributed by atoms with Gasteiger partial charge in [-0.15, -0.1) is 0 Å². The highest BCUT2D eigenvalue weighted by molar-refractivity contribution is 5.89. The lowest BCUT2D eigenvalue weighted by Crippen LogP contribution is -1.88.